The van der Waals surface area contributed by atoms with Crippen molar-refractivity contribution < 1.29 is 4.74 Å². The highest BCUT2D eigenvalue weighted by atomic mass is 16.5. The fourth-order valence-electron chi connectivity index (χ4n) is 3.19. The Balaban J connectivity index is 1.58. The van der Waals surface area contributed by atoms with E-state index in [-0.39, 0.29) is 0 Å². The van der Waals surface area contributed by atoms with E-state index in [4.69, 9.17) is 4.74 Å². The van der Waals surface area contributed by atoms with E-state index >= 15 is 0 Å². The Labute approximate surface area is 132 Å². The summed E-state index contributed by atoms with van der Waals surface area (Å²) < 4.78 is 5.88. The lowest BCUT2D eigenvalue weighted by Crippen LogP contribution is -2.23. The van der Waals surface area contributed by atoms with E-state index in [1.807, 2.05) is 0 Å². The van der Waals surface area contributed by atoms with Crippen LogP contribution in [0.15, 0.2) is 36.4 Å². The van der Waals surface area contributed by atoms with Gasteiger partial charge in [-0.15, -0.1) is 0 Å². The summed E-state index contributed by atoms with van der Waals surface area (Å²) >= 11 is 0. The van der Waals surface area contributed by atoms with Crippen molar-refractivity contribution in [3.05, 3.63) is 53.1 Å². The highest BCUT2D eigenvalue weighted by Crippen LogP contribution is 2.32. The molecule has 2 aromatic rings. The average Bonchev–Trinajstić information content (AvgIpc) is 3.37. The Morgan fingerprint density at radius 2 is 2.00 bits per heavy atom. The molecule has 2 aliphatic rings. The molecule has 2 aromatic carbocycles. The maximum Gasteiger partial charge on any atom is 0.119 e. The summed E-state index contributed by atoms with van der Waals surface area (Å²) in [5.74, 6) is 1.81. The number of fused-ring (bicyclic) bond motifs is 1. The number of ether oxygens (including phenoxy) is 1. The zero-order valence-electron chi connectivity index (χ0n) is 13.2. The van der Waals surface area contributed by atoms with Crippen LogP contribution in [0.2, 0.25) is 0 Å². The van der Waals surface area contributed by atoms with Gasteiger partial charge in [-0.1, -0.05) is 24.3 Å². The Hall–Kier alpha value is -1.80. The first kappa shape index (κ1) is 13.8. The monoisotopic (exact) mass is 293 g/mol. The summed E-state index contributed by atoms with van der Waals surface area (Å²) in [5, 5.41) is 3.43. The fraction of sp³-hybridized carbons (Fsp3) is 0.400. The van der Waals surface area contributed by atoms with E-state index in [2.05, 4.69) is 48.6 Å². The molecule has 1 aliphatic carbocycles. The van der Waals surface area contributed by atoms with Gasteiger partial charge < -0.3 is 10.1 Å². The minimum Gasteiger partial charge on any atom is -0.493 e. The molecule has 4 rings (SSSR count). The molecule has 0 spiro atoms. The molecule has 0 radical (unpaired) electrons. The molecule has 2 heteroatoms. The third kappa shape index (κ3) is 2.89. The molecule has 0 unspecified atom stereocenters. The van der Waals surface area contributed by atoms with Crippen LogP contribution in [0.25, 0.3) is 11.1 Å². The molecule has 1 N–H and O–H groups in total. The van der Waals surface area contributed by atoms with Gasteiger partial charge in [-0.25, -0.2) is 0 Å². The Morgan fingerprint density at radius 3 is 2.82 bits per heavy atom. The highest BCUT2D eigenvalue weighted by molar-refractivity contribution is 5.69. The molecular formula is C20H23NO. The zero-order valence-corrected chi connectivity index (χ0v) is 13.2. The summed E-state index contributed by atoms with van der Waals surface area (Å²) in [5.41, 5.74) is 6.87. The van der Waals surface area contributed by atoms with Crippen molar-refractivity contribution in [1.29, 1.82) is 0 Å². The largest absolute Gasteiger partial charge is 0.493 e. The van der Waals surface area contributed by atoms with Gasteiger partial charge in [0, 0.05) is 6.54 Å². The molecule has 0 saturated heterocycles. The molecule has 0 amide bonds. The van der Waals surface area contributed by atoms with Gasteiger partial charge in [0.1, 0.15) is 5.75 Å². The van der Waals surface area contributed by atoms with Gasteiger partial charge in [0.05, 0.1) is 6.61 Å². The Bertz CT molecular complexity index is 688. The van der Waals surface area contributed by atoms with Gasteiger partial charge in [0.25, 0.3) is 0 Å². The van der Waals surface area contributed by atoms with E-state index in [0.29, 0.717) is 0 Å². The van der Waals surface area contributed by atoms with E-state index in [1.165, 1.54) is 40.7 Å². The topological polar surface area (TPSA) is 21.3 Å². The lowest BCUT2D eigenvalue weighted by Gasteiger charge is -2.18. The fourth-order valence-corrected chi connectivity index (χ4v) is 3.19. The van der Waals surface area contributed by atoms with Crippen LogP contribution < -0.4 is 10.1 Å². The van der Waals surface area contributed by atoms with Crippen LogP contribution in [0.3, 0.4) is 0 Å². The number of benzene rings is 2. The lowest BCUT2D eigenvalue weighted by molar-refractivity contribution is 0.299. The molecule has 114 valence electrons. The van der Waals surface area contributed by atoms with E-state index in [0.717, 1.165) is 37.8 Å². The third-order valence-electron chi connectivity index (χ3n) is 4.78. The van der Waals surface area contributed by atoms with Crippen LogP contribution >= 0.6 is 0 Å². The highest BCUT2D eigenvalue weighted by Gasteiger charge is 2.22. The molecule has 1 saturated carbocycles. The summed E-state index contributed by atoms with van der Waals surface area (Å²) in [7, 11) is 0. The molecule has 22 heavy (non-hydrogen) atoms. The second-order valence-electron chi connectivity index (χ2n) is 6.64. The molecular weight excluding hydrogens is 270 g/mol. The van der Waals surface area contributed by atoms with Gasteiger partial charge in [0.2, 0.25) is 0 Å². The normalized spacial score (nSPS) is 17.1. The van der Waals surface area contributed by atoms with Crippen LogP contribution in [0.5, 0.6) is 5.75 Å². The Kier molecular flexibility index (Phi) is 3.63. The second kappa shape index (κ2) is 5.77. The minimum absolute atomic E-state index is 0.800. The molecule has 0 aromatic heterocycles. The average molecular weight is 293 g/mol. The molecule has 1 fully saturated rings. The zero-order chi connectivity index (χ0) is 14.9. The van der Waals surface area contributed by atoms with Crippen LogP contribution in [0, 0.1) is 12.8 Å². The molecule has 0 bridgehead atoms. The third-order valence-corrected chi connectivity index (χ3v) is 4.78. The van der Waals surface area contributed by atoms with Gasteiger partial charge in [0.15, 0.2) is 0 Å². The van der Waals surface area contributed by atoms with E-state index < -0.39 is 0 Å². The first-order valence-corrected chi connectivity index (χ1v) is 8.36. The van der Waals surface area contributed by atoms with Crippen LogP contribution in [0.1, 0.15) is 29.5 Å². The summed E-state index contributed by atoms with van der Waals surface area (Å²) in [6, 6.07) is 13.4. The van der Waals surface area contributed by atoms with Crippen LogP contribution in [-0.4, -0.2) is 13.2 Å². The van der Waals surface area contributed by atoms with Crippen molar-refractivity contribution >= 4 is 0 Å². The maximum absolute atomic E-state index is 5.88. The number of nitrogens with one attached hydrogen (secondary N) is 1. The first-order valence-electron chi connectivity index (χ1n) is 8.36. The maximum atomic E-state index is 5.88. The van der Waals surface area contributed by atoms with Gasteiger partial charge in [-0.05, 0) is 78.6 Å². The van der Waals surface area contributed by atoms with Crippen molar-refractivity contribution in [2.45, 2.75) is 32.7 Å². The van der Waals surface area contributed by atoms with Crippen molar-refractivity contribution in [2.75, 3.05) is 13.2 Å². The minimum atomic E-state index is 0.800. The van der Waals surface area contributed by atoms with Gasteiger partial charge in [-0.3, -0.25) is 0 Å². The number of rotatable bonds is 4. The predicted molar refractivity (Wildman–Crippen MR) is 90.2 cm³/mol. The number of hydrogen-bond acceptors (Lipinski definition) is 2. The van der Waals surface area contributed by atoms with Crippen molar-refractivity contribution in [3.8, 4) is 16.9 Å². The molecule has 1 heterocycles. The summed E-state index contributed by atoms with van der Waals surface area (Å²) in [6.45, 7) is 5.15. The van der Waals surface area contributed by atoms with E-state index in [9.17, 15) is 0 Å². The molecule has 0 atom stereocenters. The molecule has 2 nitrogen and oxygen atoms in total. The summed E-state index contributed by atoms with van der Waals surface area (Å²) in [4.78, 5) is 0. The van der Waals surface area contributed by atoms with Crippen LogP contribution in [0.4, 0.5) is 0 Å². The summed E-state index contributed by atoms with van der Waals surface area (Å²) in [6.07, 6.45) is 3.80. The Morgan fingerprint density at radius 1 is 1.09 bits per heavy atom. The van der Waals surface area contributed by atoms with Crippen molar-refractivity contribution in [1.82, 2.24) is 5.32 Å². The van der Waals surface area contributed by atoms with E-state index in [1.54, 1.807) is 0 Å². The molecule has 1 aliphatic heterocycles. The van der Waals surface area contributed by atoms with Gasteiger partial charge in [-0.2, -0.15) is 0 Å². The predicted octanol–water partition coefficient (Wildman–Crippen LogP) is 4.10. The van der Waals surface area contributed by atoms with Crippen LogP contribution in [-0.2, 0) is 13.0 Å². The first-order chi connectivity index (χ1) is 10.8. The van der Waals surface area contributed by atoms with Crippen molar-refractivity contribution in [2.24, 2.45) is 5.92 Å². The standard InChI is InChI=1S/C20H23NO/c1-14-10-19(22-13-15-2-3-15)6-7-20(14)17-4-5-18-12-21-9-8-16(18)11-17/h4-7,10-11,15,21H,2-3,8-9,12-13H2,1H3. The van der Waals surface area contributed by atoms with Crippen molar-refractivity contribution in [3.63, 3.8) is 0 Å². The SMILES string of the molecule is Cc1cc(OCC2CC2)ccc1-c1ccc2c(c1)CCNC2. The lowest BCUT2D eigenvalue weighted by atomic mass is 9.93. The quantitative estimate of drug-likeness (QED) is 0.916. The smallest absolute Gasteiger partial charge is 0.119 e. The number of hydrogen-bond donors (Lipinski definition) is 1. The van der Waals surface area contributed by atoms with Gasteiger partial charge >= 0.3 is 0 Å². The second-order valence-corrected chi connectivity index (χ2v) is 6.64. The number of aryl methyl sites for hydroxylation is 1.